The number of amides is 1. The van der Waals surface area contributed by atoms with Gasteiger partial charge in [0, 0.05) is 25.1 Å². The van der Waals surface area contributed by atoms with Crippen molar-refractivity contribution in [2.45, 2.75) is 18.9 Å². The molecule has 0 radical (unpaired) electrons. The van der Waals surface area contributed by atoms with Gasteiger partial charge >= 0.3 is 11.8 Å². The number of nitro groups is 1. The predicted molar refractivity (Wildman–Crippen MR) is 67.0 cm³/mol. The Hall–Kier alpha value is -2.42. The number of nitrogens with zero attached hydrogens (tertiary/aromatic N) is 2. The average molecular weight is 283 g/mol. The molecule has 1 aromatic rings. The van der Waals surface area contributed by atoms with E-state index in [-0.39, 0.29) is 17.7 Å². The van der Waals surface area contributed by atoms with Crippen LogP contribution in [0.4, 0.5) is 16.3 Å². The van der Waals surface area contributed by atoms with Gasteiger partial charge in [-0.2, -0.15) is 0 Å². The lowest BCUT2D eigenvalue weighted by Gasteiger charge is -2.23. The van der Waals surface area contributed by atoms with Gasteiger partial charge in [0.2, 0.25) is 11.6 Å². The van der Waals surface area contributed by atoms with E-state index in [9.17, 15) is 14.9 Å². The fourth-order valence-electron chi connectivity index (χ4n) is 1.87. The molecule has 1 aliphatic heterocycles. The van der Waals surface area contributed by atoms with E-state index in [1.54, 1.807) is 0 Å². The van der Waals surface area contributed by atoms with Crippen molar-refractivity contribution in [2.24, 2.45) is 0 Å². The van der Waals surface area contributed by atoms with Crippen LogP contribution in [0.5, 0.6) is 5.75 Å². The Balaban J connectivity index is 2.26. The van der Waals surface area contributed by atoms with E-state index >= 15 is 0 Å². The van der Waals surface area contributed by atoms with Crippen molar-refractivity contribution in [3.8, 4) is 5.75 Å². The highest BCUT2D eigenvalue weighted by Crippen LogP contribution is 2.34. The number of rotatable bonds is 4. The van der Waals surface area contributed by atoms with Crippen LogP contribution in [0.1, 0.15) is 12.8 Å². The SMILES string of the molecule is O=C(O)Nc1nccc(OC2CCOCC2)c1[N+](=O)[O-]. The van der Waals surface area contributed by atoms with Crippen LogP contribution in [0.15, 0.2) is 12.3 Å². The molecule has 0 bridgehead atoms. The lowest BCUT2D eigenvalue weighted by Crippen LogP contribution is -2.26. The van der Waals surface area contributed by atoms with Crippen LogP contribution in [0, 0.1) is 10.1 Å². The van der Waals surface area contributed by atoms with Gasteiger partial charge in [0.15, 0.2) is 0 Å². The Bertz CT molecular complexity index is 515. The molecule has 2 rings (SSSR count). The third kappa shape index (κ3) is 3.32. The lowest BCUT2D eigenvalue weighted by atomic mass is 10.1. The summed E-state index contributed by atoms with van der Waals surface area (Å²) in [7, 11) is 0. The molecule has 2 heterocycles. The van der Waals surface area contributed by atoms with Crippen molar-refractivity contribution in [2.75, 3.05) is 18.5 Å². The minimum absolute atomic E-state index is 0.000602. The molecule has 9 nitrogen and oxygen atoms in total. The van der Waals surface area contributed by atoms with Gasteiger partial charge in [-0.15, -0.1) is 0 Å². The molecule has 108 valence electrons. The zero-order valence-electron chi connectivity index (χ0n) is 10.4. The first kappa shape index (κ1) is 14.0. The maximum atomic E-state index is 11.1. The lowest BCUT2D eigenvalue weighted by molar-refractivity contribution is -0.385. The number of carbonyl (C=O) groups is 1. The summed E-state index contributed by atoms with van der Waals surface area (Å²) in [6.07, 6.45) is 0.890. The summed E-state index contributed by atoms with van der Waals surface area (Å²) in [6.45, 7) is 1.06. The average Bonchev–Trinajstić information content (AvgIpc) is 2.39. The van der Waals surface area contributed by atoms with E-state index < -0.39 is 16.7 Å². The number of hydrogen-bond donors (Lipinski definition) is 2. The van der Waals surface area contributed by atoms with Crippen LogP contribution in [0.3, 0.4) is 0 Å². The summed E-state index contributed by atoms with van der Waals surface area (Å²) in [6, 6.07) is 1.35. The molecule has 1 aromatic heterocycles. The number of hydrogen-bond acceptors (Lipinski definition) is 6. The second-order valence-corrected chi connectivity index (χ2v) is 4.12. The Morgan fingerprint density at radius 1 is 1.55 bits per heavy atom. The fraction of sp³-hybridized carbons (Fsp3) is 0.455. The van der Waals surface area contributed by atoms with E-state index in [2.05, 4.69) is 4.98 Å². The van der Waals surface area contributed by atoms with Gasteiger partial charge in [0.1, 0.15) is 6.10 Å². The predicted octanol–water partition coefficient (Wildman–Crippen LogP) is 1.64. The van der Waals surface area contributed by atoms with Gasteiger partial charge in [-0.1, -0.05) is 0 Å². The maximum absolute atomic E-state index is 11.1. The van der Waals surface area contributed by atoms with Gasteiger partial charge in [-0.3, -0.25) is 15.4 Å². The molecule has 1 amide bonds. The number of aromatic nitrogens is 1. The minimum Gasteiger partial charge on any atom is -0.483 e. The monoisotopic (exact) mass is 283 g/mol. The second kappa shape index (κ2) is 6.15. The van der Waals surface area contributed by atoms with Crippen molar-refractivity contribution in [3.63, 3.8) is 0 Å². The third-order valence-corrected chi connectivity index (χ3v) is 2.76. The fourth-order valence-corrected chi connectivity index (χ4v) is 1.87. The smallest absolute Gasteiger partial charge is 0.410 e. The number of carboxylic acid groups (broad SMARTS) is 1. The molecule has 0 unspecified atom stereocenters. The Labute approximate surface area is 113 Å². The van der Waals surface area contributed by atoms with Gasteiger partial charge in [0.05, 0.1) is 18.1 Å². The topological polar surface area (TPSA) is 124 Å². The van der Waals surface area contributed by atoms with Gasteiger partial charge in [-0.25, -0.2) is 9.78 Å². The molecule has 20 heavy (non-hydrogen) atoms. The highest BCUT2D eigenvalue weighted by Gasteiger charge is 2.26. The van der Waals surface area contributed by atoms with Crippen LogP contribution in [-0.4, -0.2) is 40.4 Å². The standard InChI is InChI=1S/C11H13N3O6/c15-11(16)13-10-9(14(17)18)8(1-4-12-10)20-7-2-5-19-6-3-7/h1,4,7H,2-3,5-6H2,(H,12,13)(H,15,16). The number of nitrogens with one attached hydrogen (secondary N) is 1. The van der Waals surface area contributed by atoms with Crippen LogP contribution in [0.25, 0.3) is 0 Å². The molecular formula is C11H13N3O6. The van der Waals surface area contributed by atoms with Crippen molar-refractivity contribution in [3.05, 3.63) is 22.4 Å². The van der Waals surface area contributed by atoms with E-state index in [0.717, 1.165) is 0 Å². The van der Waals surface area contributed by atoms with Crippen LogP contribution in [0.2, 0.25) is 0 Å². The summed E-state index contributed by atoms with van der Waals surface area (Å²) in [4.78, 5) is 24.6. The van der Waals surface area contributed by atoms with Gasteiger partial charge in [0.25, 0.3) is 0 Å². The maximum Gasteiger partial charge on any atom is 0.410 e. The van der Waals surface area contributed by atoms with Gasteiger partial charge < -0.3 is 14.6 Å². The molecule has 0 aromatic carbocycles. The van der Waals surface area contributed by atoms with E-state index in [1.807, 2.05) is 5.32 Å². The largest absolute Gasteiger partial charge is 0.483 e. The normalized spacial score (nSPS) is 15.6. The molecule has 0 saturated carbocycles. The first-order chi connectivity index (χ1) is 9.58. The highest BCUT2D eigenvalue weighted by molar-refractivity contribution is 5.85. The molecule has 1 fully saturated rings. The quantitative estimate of drug-likeness (QED) is 0.635. The van der Waals surface area contributed by atoms with E-state index in [4.69, 9.17) is 14.6 Å². The molecule has 1 aliphatic rings. The summed E-state index contributed by atoms with van der Waals surface area (Å²) in [5, 5.41) is 21.6. The van der Waals surface area contributed by atoms with Crippen molar-refractivity contribution >= 4 is 17.6 Å². The summed E-state index contributed by atoms with van der Waals surface area (Å²) < 4.78 is 10.8. The Morgan fingerprint density at radius 2 is 2.25 bits per heavy atom. The second-order valence-electron chi connectivity index (χ2n) is 4.12. The molecule has 0 atom stereocenters. The number of pyridine rings is 1. The summed E-state index contributed by atoms with van der Waals surface area (Å²) in [5.74, 6) is -0.354. The Morgan fingerprint density at radius 3 is 2.85 bits per heavy atom. The molecule has 2 N–H and O–H groups in total. The first-order valence-electron chi connectivity index (χ1n) is 5.95. The summed E-state index contributed by atoms with van der Waals surface area (Å²) in [5.41, 5.74) is -0.485. The minimum atomic E-state index is -1.43. The third-order valence-electron chi connectivity index (χ3n) is 2.76. The van der Waals surface area contributed by atoms with Crippen molar-refractivity contribution < 1.29 is 24.3 Å². The number of ether oxygens (including phenoxy) is 2. The molecule has 1 saturated heterocycles. The highest BCUT2D eigenvalue weighted by atomic mass is 16.6. The van der Waals surface area contributed by atoms with Crippen LogP contribution in [-0.2, 0) is 4.74 Å². The zero-order chi connectivity index (χ0) is 14.5. The zero-order valence-corrected chi connectivity index (χ0v) is 10.4. The Kier molecular flexibility index (Phi) is 4.31. The van der Waals surface area contributed by atoms with Crippen molar-refractivity contribution in [1.82, 2.24) is 4.98 Å². The van der Waals surface area contributed by atoms with Crippen molar-refractivity contribution in [1.29, 1.82) is 0 Å². The first-order valence-corrected chi connectivity index (χ1v) is 5.95. The summed E-state index contributed by atoms with van der Waals surface area (Å²) >= 11 is 0. The molecule has 0 spiro atoms. The van der Waals surface area contributed by atoms with Crippen LogP contribution >= 0.6 is 0 Å². The number of anilines is 1. The molecular weight excluding hydrogens is 270 g/mol. The molecule has 0 aliphatic carbocycles. The van der Waals surface area contributed by atoms with Gasteiger partial charge in [-0.05, 0) is 0 Å². The van der Waals surface area contributed by atoms with E-state index in [1.165, 1.54) is 12.3 Å². The van der Waals surface area contributed by atoms with Crippen LogP contribution < -0.4 is 10.1 Å². The molecule has 9 heteroatoms. The van der Waals surface area contributed by atoms with E-state index in [0.29, 0.717) is 26.1 Å².